The molecule has 2 aromatic heterocycles. The number of anilines is 1. The lowest BCUT2D eigenvalue weighted by atomic mass is 10.2. The molecule has 29 heavy (non-hydrogen) atoms. The van der Waals surface area contributed by atoms with E-state index in [0.717, 1.165) is 22.8 Å². The van der Waals surface area contributed by atoms with E-state index in [1.165, 1.54) is 17.8 Å². The van der Waals surface area contributed by atoms with E-state index >= 15 is 0 Å². The monoisotopic (exact) mass is 396 g/mol. The molecular formula is C20H14F2N4O3. The van der Waals surface area contributed by atoms with Crippen LogP contribution in [0.1, 0.15) is 10.4 Å². The van der Waals surface area contributed by atoms with Gasteiger partial charge in [0.15, 0.2) is 0 Å². The van der Waals surface area contributed by atoms with Gasteiger partial charge in [-0.2, -0.15) is 0 Å². The zero-order valence-corrected chi connectivity index (χ0v) is 15.1. The molecule has 0 fully saturated rings. The van der Waals surface area contributed by atoms with Gasteiger partial charge in [-0.3, -0.25) is 9.59 Å². The number of nitrogens with zero attached hydrogens (tertiary/aromatic N) is 2. The smallest absolute Gasteiger partial charge is 0.333 e. The first kappa shape index (κ1) is 18.4. The van der Waals surface area contributed by atoms with Crippen LogP contribution in [0, 0.1) is 11.6 Å². The quantitative estimate of drug-likeness (QED) is 0.558. The first-order chi connectivity index (χ1) is 13.9. The molecule has 2 aromatic carbocycles. The molecule has 9 heteroatoms. The molecule has 4 rings (SSSR count). The van der Waals surface area contributed by atoms with Crippen LogP contribution in [0.4, 0.5) is 14.5 Å². The lowest BCUT2D eigenvalue weighted by Crippen LogP contribution is -2.34. The van der Waals surface area contributed by atoms with E-state index in [9.17, 15) is 23.2 Å². The first-order valence-corrected chi connectivity index (χ1v) is 8.53. The Morgan fingerprint density at radius 1 is 1.07 bits per heavy atom. The minimum absolute atomic E-state index is 0.00370. The maximum Gasteiger partial charge on any atom is 0.333 e. The Bertz CT molecular complexity index is 1370. The zero-order valence-electron chi connectivity index (χ0n) is 15.1. The Balaban J connectivity index is 1.85. The highest BCUT2D eigenvalue weighted by atomic mass is 19.1. The molecule has 0 aliphatic carbocycles. The standard InChI is InChI=1S/C20H14F2N4O3/c1-25-10-13(18(27)23-15-9-11(21)7-8-14(15)22)16-17(25)19(28)26(20(29)24-16)12-5-3-2-4-6-12/h2-10H,1H3,(H,23,27)(H,24,29). The van der Waals surface area contributed by atoms with Crippen molar-refractivity contribution in [2.75, 3.05) is 5.32 Å². The number of amides is 1. The van der Waals surface area contributed by atoms with Crippen molar-refractivity contribution in [2.24, 2.45) is 7.05 Å². The topological polar surface area (TPSA) is 88.9 Å². The molecule has 1 amide bonds. The van der Waals surface area contributed by atoms with Gasteiger partial charge < -0.3 is 14.9 Å². The molecule has 0 spiro atoms. The number of benzene rings is 2. The van der Waals surface area contributed by atoms with Crippen LogP contribution in [0.5, 0.6) is 0 Å². The van der Waals surface area contributed by atoms with Crippen molar-refractivity contribution in [1.29, 1.82) is 0 Å². The third-order valence-corrected chi connectivity index (χ3v) is 4.46. The van der Waals surface area contributed by atoms with Gasteiger partial charge in [-0.05, 0) is 24.3 Å². The number of para-hydroxylation sites is 1. The number of rotatable bonds is 3. The van der Waals surface area contributed by atoms with Crippen molar-refractivity contribution in [2.45, 2.75) is 0 Å². The average molecular weight is 396 g/mol. The van der Waals surface area contributed by atoms with Gasteiger partial charge in [-0.25, -0.2) is 18.1 Å². The average Bonchev–Trinajstić information content (AvgIpc) is 3.02. The summed E-state index contributed by atoms with van der Waals surface area (Å²) in [5, 5.41) is 2.26. The summed E-state index contributed by atoms with van der Waals surface area (Å²) in [6.45, 7) is 0. The number of aromatic amines is 1. The van der Waals surface area contributed by atoms with E-state index in [4.69, 9.17) is 0 Å². The highest BCUT2D eigenvalue weighted by Crippen LogP contribution is 2.20. The second-order valence-electron chi connectivity index (χ2n) is 6.36. The van der Waals surface area contributed by atoms with E-state index in [1.54, 1.807) is 30.3 Å². The Hall–Kier alpha value is -4.01. The Morgan fingerprint density at radius 3 is 2.52 bits per heavy atom. The van der Waals surface area contributed by atoms with Crippen LogP contribution >= 0.6 is 0 Å². The van der Waals surface area contributed by atoms with Gasteiger partial charge in [0.05, 0.1) is 22.5 Å². The molecular weight excluding hydrogens is 382 g/mol. The van der Waals surface area contributed by atoms with Crippen LogP contribution in [0.3, 0.4) is 0 Å². The molecule has 0 atom stereocenters. The summed E-state index contributed by atoms with van der Waals surface area (Å²) in [6, 6.07) is 11.0. The van der Waals surface area contributed by atoms with E-state index in [2.05, 4.69) is 10.3 Å². The van der Waals surface area contributed by atoms with Crippen LogP contribution in [0.25, 0.3) is 16.7 Å². The number of hydrogen-bond acceptors (Lipinski definition) is 3. The SMILES string of the molecule is Cn1cc(C(=O)Nc2cc(F)ccc2F)c2[nH]c(=O)n(-c3ccccc3)c(=O)c21. The zero-order chi connectivity index (χ0) is 20.7. The summed E-state index contributed by atoms with van der Waals surface area (Å²) in [5.74, 6) is -2.34. The van der Waals surface area contributed by atoms with Crippen molar-refractivity contribution in [3.05, 3.63) is 92.8 Å². The molecule has 7 nitrogen and oxygen atoms in total. The number of hydrogen-bond donors (Lipinski definition) is 2. The maximum atomic E-state index is 13.8. The van der Waals surface area contributed by atoms with Crippen molar-refractivity contribution >= 4 is 22.6 Å². The first-order valence-electron chi connectivity index (χ1n) is 8.53. The van der Waals surface area contributed by atoms with Crippen LogP contribution in [-0.2, 0) is 7.05 Å². The van der Waals surface area contributed by atoms with Gasteiger partial charge in [-0.1, -0.05) is 18.2 Å². The molecule has 2 N–H and O–H groups in total. The Kier molecular flexibility index (Phi) is 4.34. The van der Waals surface area contributed by atoms with Crippen molar-refractivity contribution in [3.63, 3.8) is 0 Å². The van der Waals surface area contributed by atoms with E-state index in [1.807, 2.05) is 0 Å². The normalized spacial score (nSPS) is 11.0. The molecule has 4 aromatic rings. The Morgan fingerprint density at radius 2 is 1.79 bits per heavy atom. The molecule has 0 saturated heterocycles. The lowest BCUT2D eigenvalue weighted by molar-refractivity contribution is 0.102. The summed E-state index contributed by atoms with van der Waals surface area (Å²) in [6.07, 6.45) is 1.34. The summed E-state index contributed by atoms with van der Waals surface area (Å²) >= 11 is 0. The summed E-state index contributed by atoms with van der Waals surface area (Å²) in [7, 11) is 1.54. The highest BCUT2D eigenvalue weighted by molar-refractivity contribution is 6.11. The maximum absolute atomic E-state index is 13.8. The molecule has 146 valence electrons. The van der Waals surface area contributed by atoms with Gasteiger partial charge in [0, 0.05) is 19.3 Å². The highest BCUT2D eigenvalue weighted by Gasteiger charge is 2.21. The van der Waals surface area contributed by atoms with Gasteiger partial charge in [0.2, 0.25) is 0 Å². The van der Waals surface area contributed by atoms with Crippen molar-refractivity contribution in [1.82, 2.24) is 14.1 Å². The van der Waals surface area contributed by atoms with Crippen LogP contribution in [0.15, 0.2) is 64.3 Å². The largest absolute Gasteiger partial charge is 0.344 e. The number of aryl methyl sites for hydroxylation is 1. The van der Waals surface area contributed by atoms with Crippen molar-refractivity contribution < 1.29 is 13.6 Å². The predicted molar refractivity (Wildman–Crippen MR) is 103 cm³/mol. The summed E-state index contributed by atoms with van der Waals surface area (Å²) < 4.78 is 29.5. The number of H-pyrrole nitrogens is 1. The minimum Gasteiger partial charge on any atom is -0.344 e. The molecule has 0 unspecified atom stereocenters. The third-order valence-electron chi connectivity index (χ3n) is 4.46. The second kappa shape index (κ2) is 6.86. The lowest BCUT2D eigenvalue weighted by Gasteiger charge is -2.07. The fraction of sp³-hybridized carbons (Fsp3) is 0.0500. The van der Waals surface area contributed by atoms with Gasteiger partial charge in [0.25, 0.3) is 11.5 Å². The number of fused-ring (bicyclic) bond motifs is 1. The van der Waals surface area contributed by atoms with Crippen molar-refractivity contribution in [3.8, 4) is 5.69 Å². The summed E-state index contributed by atoms with van der Waals surface area (Å²) in [5.41, 5.74) is -1.30. The Labute approximate surface area is 161 Å². The van der Waals surface area contributed by atoms with Gasteiger partial charge >= 0.3 is 5.69 Å². The number of carbonyl (C=O) groups is 1. The molecule has 0 radical (unpaired) electrons. The molecule has 0 aliphatic heterocycles. The molecule has 0 bridgehead atoms. The third kappa shape index (κ3) is 3.12. The fourth-order valence-corrected chi connectivity index (χ4v) is 3.14. The number of carbonyl (C=O) groups excluding carboxylic acids is 1. The molecule has 0 aliphatic rings. The van der Waals surface area contributed by atoms with Crippen LogP contribution in [0.2, 0.25) is 0 Å². The number of halogens is 2. The number of aromatic nitrogens is 3. The number of nitrogens with one attached hydrogen (secondary N) is 2. The fourth-order valence-electron chi connectivity index (χ4n) is 3.14. The van der Waals surface area contributed by atoms with Crippen LogP contribution < -0.4 is 16.6 Å². The second-order valence-corrected chi connectivity index (χ2v) is 6.36. The van der Waals surface area contributed by atoms with E-state index in [0.29, 0.717) is 5.69 Å². The molecule has 0 saturated carbocycles. The van der Waals surface area contributed by atoms with E-state index in [-0.39, 0.29) is 22.3 Å². The van der Waals surface area contributed by atoms with Gasteiger partial charge in [-0.15, -0.1) is 0 Å². The summed E-state index contributed by atoms with van der Waals surface area (Å²) in [4.78, 5) is 40.7. The van der Waals surface area contributed by atoms with Crippen LogP contribution in [-0.4, -0.2) is 20.0 Å². The molecule has 2 heterocycles. The predicted octanol–water partition coefficient (Wildman–Crippen LogP) is 2.55. The minimum atomic E-state index is -0.820. The van der Waals surface area contributed by atoms with E-state index < -0.39 is 28.8 Å². The van der Waals surface area contributed by atoms with Gasteiger partial charge in [0.1, 0.15) is 17.2 Å².